The summed E-state index contributed by atoms with van der Waals surface area (Å²) in [6.07, 6.45) is 2.43. The molecule has 0 unspecified atom stereocenters. The lowest BCUT2D eigenvalue weighted by molar-refractivity contribution is 0.00685. The van der Waals surface area contributed by atoms with Crippen molar-refractivity contribution in [1.82, 2.24) is 4.90 Å². The quantitative estimate of drug-likeness (QED) is 0.545. The number of likely N-dealkylation sites (tertiary alicyclic amines) is 1. The molecule has 0 aliphatic carbocycles. The normalized spacial score (nSPS) is 31.4. The Kier molecular flexibility index (Phi) is 2.12. The molecule has 0 aromatic carbocycles. The predicted molar refractivity (Wildman–Crippen MR) is 47.9 cm³/mol. The zero-order valence-electron chi connectivity index (χ0n) is 7.01. The lowest BCUT2D eigenvalue weighted by atomic mass is 10.1. The molecular formula is C8H15NOS. The van der Waals surface area contributed by atoms with Crippen molar-refractivity contribution >= 4 is 11.8 Å². The minimum absolute atomic E-state index is 0.229. The Morgan fingerprint density at radius 3 is 2.64 bits per heavy atom. The van der Waals surface area contributed by atoms with Crippen molar-refractivity contribution in [1.29, 1.82) is 0 Å². The van der Waals surface area contributed by atoms with E-state index in [1.54, 1.807) is 0 Å². The third-order valence-electron chi connectivity index (χ3n) is 2.56. The molecule has 2 rings (SSSR count). The summed E-state index contributed by atoms with van der Waals surface area (Å²) in [6.45, 7) is 3.37. The Morgan fingerprint density at radius 1 is 1.36 bits per heavy atom. The number of hydrogen-bond acceptors (Lipinski definition) is 3. The summed E-state index contributed by atoms with van der Waals surface area (Å²) >= 11 is 2.02. The molecule has 0 bridgehead atoms. The van der Waals surface area contributed by atoms with Gasteiger partial charge in [0.05, 0.1) is 6.61 Å². The van der Waals surface area contributed by atoms with Crippen LogP contribution < -0.4 is 0 Å². The summed E-state index contributed by atoms with van der Waals surface area (Å²) in [5.41, 5.74) is 0. The number of thioether (sulfide) groups is 1. The average molecular weight is 173 g/mol. The zero-order chi connectivity index (χ0) is 7.73. The average Bonchev–Trinajstić information content (AvgIpc) is 2.45. The van der Waals surface area contributed by atoms with E-state index in [4.69, 9.17) is 4.74 Å². The first-order valence-electron chi connectivity index (χ1n) is 4.27. The van der Waals surface area contributed by atoms with Gasteiger partial charge in [-0.3, -0.25) is 0 Å². The van der Waals surface area contributed by atoms with E-state index in [2.05, 4.69) is 11.9 Å². The van der Waals surface area contributed by atoms with E-state index in [1.165, 1.54) is 31.7 Å². The molecule has 2 heterocycles. The molecule has 11 heavy (non-hydrogen) atoms. The second-order valence-corrected chi connectivity index (χ2v) is 4.85. The van der Waals surface area contributed by atoms with Gasteiger partial charge < -0.3 is 9.64 Å². The number of hydrogen-bond donors (Lipinski definition) is 0. The number of ether oxygens (including phenoxy) is 1. The van der Waals surface area contributed by atoms with E-state index < -0.39 is 0 Å². The van der Waals surface area contributed by atoms with Crippen LogP contribution in [0, 0.1) is 0 Å². The van der Waals surface area contributed by atoms with Crippen molar-refractivity contribution in [3.05, 3.63) is 0 Å². The molecule has 2 saturated heterocycles. The van der Waals surface area contributed by atoms with E-state index in [0.29, 0.717) is 0 Å². The molecule has 0 atom stereocenters. The fraction of sp³-hybridized carbons (Fsp3) is 1.00. The molecule has 0 saturated carbocycles. The SMILES string of the molecule is CN1CCC2(CC1)OCCS2. The lowest BCUT2D eigenvalue weighted by Gasteiger charge is -2.35. The van der Waals surface area contributed by atoms with Crippen molar-refractivity contribution in [2.45, 2.75) is 17.8 Å². The van der Waals surface area contributed by atoms with Crippen molar-refractivity contribution in [3.63, 3.8) is 0 Å². The first-order chi connectivity index (χ1) is 5.31. The third-order valence-corrected chi connectivity index (χ3v) is 3.99. The molecule has 0 aromatic rings. The highest BCUT2D eigenvalue weighted by Gasteiger charge is 2.38. The molecule has 2 fully saturated rings. The van der Waals surface area contributed by atoms with Gasteiger partial charge in [-0.1, -0.05) is 0 Å². The highest BCUT2D eigenvalue weighted by molar-refractivity contribution is 8.00. The van der Waals surface area contributed by atoms with E-state index in [1.807, 2.05) is 11.8 Å². The van der Waals surface area contributed by atoms with Crippen LogP contribution in [0.1, 0.15) is 12.8 Å². The standard InChI is InChI=1S/C8H15NOS/c1-9-4-2-8(3-5-9)10-6-7-11-8/h2-7H2,1H3. The molecule has 2 aliphatic heterocycles. The molecule has 2 nitrogen and oxygen atoms in total. The van der Waals surface area contributed by atoms with E-state index in [9.17, 15) is 0 Å². The van der Waals surface area contributed by atoms with Crippen LogP contribution in [0.3, 0.4) is 0 Å². The smallest absolute Gasteiger partial charge is 0.116 e. The van der Waals surface area contributed by atoms with E-state index >= 15 is 0 Å². The minimum Gasteiger partial charge on any atom is -0.363 e. The Hall–Kier alpha value is 0.270. The number of piperidine rings is 1. The largest absolute Gasteiger partial charge is 0.363 e. The van der Waals surface area contributed by atoms with E-state index in [-0.39, 0.29) is 4.93 Å². The van der Waals surface area contributed by atoms with Crippen molar-refractivity contribution in [2.75, 3.05) is 32.5 Å². The van der Waals surface area contributed by atoms with Gasteiger partial charge in [-0.2, -0.15) is 0 Å². The second kappa shape index (κ2) is 2.96. The van der Waals surface area contributed by atoms with Gasteiger partial charge in [0.2, 0.25) is 0 Å². The molecular weight excluding hydrogens is 158 g/mol. The predicted octanol–water partition coefficient (Wildman–Crippen LogP) is 1.17. The van der Waals surface area contributed by atoms with Gasteiger partial charge in [0, 0.05) is 18.8 Å². The topological polar surface area (TPSA) is 12.5 Å². The zero-order valence-corrected chi connectivity index (χ0v) is 7.82. The number of rotatable bonds is 0. The third kappa shape index (κ3) is 1.55. The van der Waals surface area contributed by atoms with Crippen LogP contribution >= 0.6 is 11.8 Å². The molecule has 64 valence electrons. The summed E-state index contributed by atoms with van der Waals surface area (Å²) in [4.78, 5) is 2.61. The van der Waals surface area contributed by atoms with Gasteiger partial charge in [0.15, 0.2) is 0 Å². The molecule has 0 radical (unpaired) electrons. The van der Waals surface area contributed by atoms with Crippen LogP contribution in [0.2, 0.25) is 0 Å². The van der Waals surface area contributed by atoms with Crippen LogP contribution in [0.4, 0.5) is 0 Å². The Morgan fingerprint density at radius 2 is 2.09 bits per heavy atom. The van der Waals surface area contributed by atoms with Gasteiger partial charge in [-0.25, -0.2) is 0 Å². The van der Waals surface area contributed by atoms with Crippen molar-refractivity contribution in [3.8, 4) is 0 Å². The Balaban J connectivity index is 1.94. The molecule has 0 N–H and O–H groups in total. The fourth-order valence-electron chi connectivity index (χ4n) is 1.74. The first-order valence-corrected chi connectivity index (χ1v) is 5.26. The summed E-state index contributed by atoms with van der Waals surface area (Å²) in [5.74, 6) is 1.20. The Bertz CT molecular complexity index is 135. The van der Waals surface area contributed by atoms with Gasteiger partial charge in [-0.15, -0.1) is 11.8 Å². The maximum Gasteiger partial charge on any atom is 0.116 e. The summed E-state index contributed by atoms with van der Waals surface area (Å²) < 4.78 is 5.77. The van der Waals surface area contributed by atoms with E-state index in [0.717, 1.165) is 6.61 Å². The maximum absolute atomic E-state index is 5.77. The molecule has 3 heteroatoms. The van der Waals surface area contributed by atoms with Gasteiger partial charge in [-0.05, 0) is 19.9 Å². The maximum atomic E-state index is 5.77. The highest BCUT2D eigenvalue weighted by atomic mass is 32.2. The van der Waals surface area contributed by atoms with Crippen LogP contribution in [0.15, 0.2) is 0 Å². The highest BCUT2D eigenvalue weighted by Crippen LogP contribution is 2.40. The fourth-order valence-corrected chi connectivity index (χ4v) is 2.92. The van der Waals surface area contributed by atoms with Gasteiger partial charge in [0.25, 0.3) is 0 Å². The molecule has 0 amide bonds. The monoisotopic (exact) mass is 173 g/mol. The van der Waals surface area contributed by atoms with Crippen molar-refractivity contribution in [2.24, 2.45) is 0 Å². The Labute approximate surface area is 72.3 Å². The van der Waals surface area contributed by atoms with Crippen LogP contribution in [-0.4, -0.2) is 42.3 Å². The van der Waals surface area contributed by atoms with Crippen LogP contribution in [0.25, 0.3) is 0 Å². The summed E-state index contributed by atoms with van der Waals surface area (Å²) in [5, 5.41) is 0. The lowest BCUT2D eigenvalue weighted by Crippen LogP contribution is -2.40. The van der Waals surface area contributed by atoms with Crippen LogP contribution in [-0.2, 0) is 4.74 Å². The minimum atomic E-state index is 0.229. The van der Waals surface area contributed by atoms with Crippen molar-refractivity contribution < 1.29 is 4.74 Å². The summed E-state index contributed by atoms with van der Waals surface area (Å²) in [7, 11) is 2.19. The van der Waals surface area contributed by atoms with Crippen LogP contribution in [0.5, 0.6) is 0 Å². The molecule has 1 spiro atoms. The van der Waals surface area contributed by atoms with Gasteiger partial charge >= 0.3 is 0 Å². The molecule has 0 aromatic heterocycles. The molecule has 2 aliphatic rings. The van der Waals surface area contributed by atoms with Gasteiger partial charge in [0.1, 0.15) is 4.93 Å². The first kappa shape index (κ1) is 7.90. The second-order valence-electron chi connectivity index (χ2n) is 3.41. The number of nitrogens with zero attached hydrogens (tertiary/aromatic N) is 1. The summed E-state index contributed by atoms with van der Waals surface area (Å²) in [6, 6.07) is 0.